The van der Waals surface area contributed by atoms with Crippen molar-refractivity contribution in [2.24, 2.45) is 5.92 Å². The second-order valence-corrected chi connectivity index (χ2v) is 6.26. The van der Waals surface area contributed by atoms with E-state index in [2.05, 4.69) is 27.7 Å². The summed E-state index contributed by atoms with van der Waals surface area (Å²) in [5.74, 6) is 0.615. The average Bonchev–Trinajstić information content (AvgIpc) is 2.16. The summed E-state index contributed by atoms with van der Waals surface area (Å²) < 4.78 is 6.00. The molecule has 17 heavy (non-hydrogen) atoms. The van der Waals surface area contributed by atoms with Crippen molar-refractivity contribution >= 4 is 0 Å². The van der Waals surface area contributed by atoms with Gasteiger partial charge in [-0.25, -0.2) is 0 Å². The van der Waals surface area contributed by atoms with E-state index in [0.717, 1.165) is 6.42 Å². The van der Waals surface area contributed by atoms with Crippen LogP contribution in [-0.4, -0.2) is 22.9 Å². The first-order valence-corrected chi connectivity index (χ1v) is 7.09. The molecule has 1 unspecified atom stereocenters. The minimum absolute atomic E-state index is 0.0742. The van der Waals surface area contributed by atoms with Gasteiger partial charge in [0, 0.05) is 0 Å². The van der Waals surface area contributed by atoms with Crippen LogP contribution >= 0.6 is 0 Å². The molecule has 0 aliphatic heterocycles. The smallest absolute Gasteiger partial charge is 0.0654 e. The third kappa shape index (κ3) is 7.77. The average molecular weight is 244 g/mol. The molecule has 0 heterocycles. The standard InChI is InChI=1S/C15H32O2/c1-7-9-10-13(8-2)15(5,6)17-12-11-14(3,4)16/h13,16H,7-12H2,1-6H3. The van der Waals surface area contributed by atoms with Gasteiger partial charge in [0.15, 0.2) is 0 Å². The Morgan fingerprint density at radius 2 is 1.71 bits per heavy atom. The van der Waals surface area contributed by atoms with Crippen LogP contribution < -0.4 is 0 Å². The van der Waals surface area contributed by atoms with E-state index in [1.807, 2.05) is 13.8 Å². The topological polar surface area (TPSA) is 29.5 Å². The van der Waals surface area contributed by atoms with Gasteiger partial charge in [0.25, 0.3) is 0 Å². The summed E-state index contributed by atoms with van der Waals surface area (Å²) in [5, 5.41) is 9.67. The molecular formula is C15H32O2. The Bertz CT molecular complexity index is 192. The fourth-order valence-electron chi connectivity index (χ4n) is 2.18. The van der Waals surface area contributed by atoms with Crippen LogP contribution in [0.1, 0.15) is 73.6 Å². The lowest BCUT2D eigenvalue weighted by atomic mass is 9.84. The maximum atomic E-state index is 9.67. The Morgan fingerprint density at radius 1 is 1.12 bits per heavy atom. The summed E-state index contributed by atoms with van der Waals surface area (Å²) in [5.41, 5.74) is -0.698. The van der Waals surface area contributed by atoms with Crippen molar-refractivity contribution in [1.29, 1.82) is 0 Å². The van der Waals surface area contributed by atoms with Gasteiger partial charge in [0.05, 0.1) is 17.8 Å². The molecule has 0 saturated carbocycles. The van der Waals surface area contributed by atoms with Gasteiger partial charge in [-0.05, 0) is 46.5 Å². The summed E-state index contributed by atoms with van der Waals surface area (Å²) in [6.45, 7) is 13.1. The SMILES string of the molecule is CCCCC(CC)C(C)(C)OCCC(C)(C)O. The quantitative estimate of drug-likeness (QED) is 0.660. The van der Waals surface area contributed by atoms with Crippen molar-refractivity contribution in [3.8, 4) is 0 Å². The van der Waals surface area contributed by atoms with Gasteiger partial charge in [-0.2, -0.15) is 0 Å². The van der Waals surface area contributed by atoms with E-state index < -0.39 is 5.60 Å². The third-order valence-electron chi connectivity index (χ3n) is 3.57. The molecule has 0 spiro atoms. The molecule has 0 aromatic carbocycles. The lowest BCUT2D eigenvalue weighted by Gasteiger charge is -2.35. The molecule has 104 valence electrons. The largest absolute Gasteiger partial charge is 0.390 e. The Balaban J connectivity index is 4.13. The van der Waals surface area contributed by atoms with Crippen LogP contribution in [0.4, 0.5) is 0 Å². The fourth-order valence-corrected chi connectivity index (χ4v) is 2.18. The second kappa shape index (κ2) is 7.38. The van der Waals surface area contributed by atoms with Gasteiger partial charge in [0.2, 0.25) is 0 Å². The van der Waals surface area contributed by atoms with Crippen LogP contribution in [0.5, 0.6) is 0 Å². The number of aliphatic hydroxyl groups is 1. The molecule has 0 bridgehead atoms. The Morgan fingerprint density at radius 3 is 2.12 bits per heavy atom. The van der Waals surface area contributed by atoms with Crippen molar-refractivity contribution in [1.82, 2.24) is 0 Å². The zero-order valence-electron chi connectivity index (χ0n) is 12.7. The zero-order valence-corrected chi connectivity index (χ0v) is 12.7. The van der Waals surface area contributed by atoms with Crippen LogP contribution in [0.2, 0.25) is 0 Å². The molecule has 0 amide bonds. The predicted molar refractivity (Wildman–Crippen MR) is 74.3 cm³/mol. The molecule has 2 nitrogen and oxygen atoms in total. The molecular weight excluding hydrogens is 212 g/mol. The Kier molecular flexibility index (Phi) is 7.34. The normalized spacial score (nSPS) is 15.0. The molecule has 0 saturated heterocycles. The van der Waals surface area contributed by atoms with Crippen molar-refractivity contribution in [2.75, 3.05) is 6.61 Å². The number of hydrogen-bond acceptors (Lipinski definition) is 2. The van der Waals surface area contributed by atoms with Crippen molar-refractivity contribution in [3.63, 3.8) is 0 Å². The monoisotopic (exact) mass is 244 g/mol. The summed E-state index contributed by atoms with van der Waals surface area (Å²) in [4.78, 5) is 0. The summed E-state index contributed by atoms with van der Waals surface area (Å²) in [6, 6.07) is 0. The molecule has 0 fully saturated rings. The molecule has 1 N–H and O–H groups in total. The van der Waals surface area contributed by atoms with Crippen molar-refractivity contribution in [3.05, 3.63) is 0 Å². The van der Waals surface area contributed by atoms with Crippen molar-refractivity contribution < 1.29 is 9.84 Å². The van der Waals surface area contributed by atoms with Gasteiger partial charge in [-0.1, -0.05) is 33.1 Å². The minimum Gasteiger partial charge on any atom is -0.390 e. The highest BCUT2D eigenvalue weighted by Crippen LogP contribution is 2.29. The summed E-state index contributed by atoms with van der Waals surface area (Å²) in [7, 11) is 0. The molecule has 0 rings (SSSR count). The minimum atomic E-state index is -0.624. The first-order chi connectivity index (χ1) is 7.73. The van der Waals surface area contributed by atoms with Crippen LogP contribution in [0.3, 0.4) is 0 Å². The predicted octanol–water partition coefficient (Wildman–Crippen LogP) is 4.16. The van der Waals surface area contributed by atoms with Gasteiger partial charge in [-0.3, -0.25) is 0 Å². The number of rotatable bonds is 9. The van der Waals surface area contributed by atoms with E-state index in [9.17, 15) is 5.11 Å². The molecule has 0 aromatic heterocycles. The van der Waals surface area contributed by atoms with E-state index in [1.165, 1.54) is 19.3 Å². The first kappa shape index (κ1) is 16.9. The van der Waals surface area contributed by atoms with E-state index in [1.54, 1.807) is 0 Å². The number of hydrogen-bond donors (Lipinski definition) is 1. The highest BCUT2D eigenvalue weighted by Gasteiger charge is 2.29. The zero-order chi connectivity index (χ0) is 13.5. The lowest BCUT2D eigenvalue weighted by Crippen LogP contribution is -2.36. The van der Waals surface area contributed by atoms with Gasteiger partial charge in [0.1, 0.15) is 0 Å². The maximum Gasteiger partial charge on any atom is 0.0654 e. The third-order valence-corrected chi connectivity index (χ3v) is 3.57. The highest BCUT2D eigenvalue weighted by molar-refractivity contribution is 4.79. The first-order valence-electron chi connectivity index (χ1n) is 7.09. The molecule has 0 radical (unpaired) electrons. The summed E-state index contributed by atoms with van der Waals surface area (Å²) >= 11 is 0. The molecule has 0 aromatic rings. The molecule has 0 aliphatic rings. The van der Waals surface area contributed by atoms with E-state index >= 15 is 0 Å². The number of unbranched alkanes of at least 4 members (excludes halogenated alkanes) is 1. The second-order valence-electron chi connectivity index (χ2n) is 6.26. The Hall–Kier alpha value is -0.0800. The van der Waals surface area contributed by atoms with Crippen LogP contribution in [0.25, 0.3) is 0 Å². The van der Waals surface area contributed by atoms with E-state index in [0.29, 0.717) is 18.9 Å². The highest BCUT2D eigenvalue weighted by atomic mass is 16.5. The number of ether oxygens (including phenoxy) is 1. The summed E-state index contributed by atoms with van der Waals surface area (Å²) in [6.07, 6.45) is 5.62. The Labute approximate surface area is 108 Å². The van der Waals surface area contributed by atoms with Crippen LogP contribution in [0.15, 0.2) is 0 Å². The van der Waals surface area contributed by atoms with Gasteiger partial charge >= 0.3 is 0 Å². The molecule has 0 aliphatic carbocycles. The fraction of sp³-hybridized carbons (Fsp3) is 1.00. The molecule has 1 atom stereocenters. The lowest BCUT2D eigenvalue weighted by molar-refractivity contribution is -0.0814. The van der Waals surface area contributed by atoms with E-state index in [-0.39, 0.29) is 5.60 Å². The van der Waals surface area contributed by atoms with Crippen LogP contribution in [-0.2, 0) is 4.74 Å². The van der Waals surface area contributed by atoms with Gasteiger partial charge < -0.3 is 9.84 Å². The van der Waals surface area contributed by atoms with E-state index in [4.69, 9.17) is 4.74 Å². The van der Waals surface area contributed by atoms with Gasteiger partial charge in [-0.15, -0.1) is 0 Å². The maximum absolute atomic E-state index is 9.67. The van der Waals surface area contributed by atoms with Crippen LogP contribution in [0, 0.1) is 5.92 Å². The van der Waals surface area contributed by atoms with Crippen molar-refractivity contribution in [2.45, 2.75) is 84.8 Å². The molecule has 2 heteroatoms.